The van der Waals surface area contributed by atoms with Gasteiger partial charge in [0.15, 0.2) is 0 Å². The number of nitrogens with zero attached hydrogens (tertiary/aromatic N) is 2. The van der Waals surface area contributed by atoms with Crippen LogP contribution < -0.4 is 9.62 Å². The van der Waals surface area contributed by atoms with Crippen molar-refractivity contribution >= 4 is 39.1 Å². The lowest BCUT2D eigenvalue weighted by atomic mass is 10.0. The van der Waals surface area contributed by atoms with Crippen LogP contribution in [-0.4, -0.2) is 43.3 Å². The summed E-state index contributed by atoms with van der Waals surface area (Å²) in [7, 11) is -4.28. The molecule has 2 amide bonds. The third kappa shape index (κ3) is 8.71. The van der Waals surface area contributed by atoms with Crippen LogP contribution in [0.1, 0.15) is 37.5 Å². The van der Waals surface area contributed by atoms with Gasteiger partial charge >= 0.3 is 0 Å². The first-order valence-electron chi connectivity index (χ1n) is 14.5. The molecule has 0 saturated carbocycles. The molecule has 0 heterocycles. The average Bonchev–Trinajstić information content (AvgIpc) is 2.99. The van der Waals surface area contributed by atoms with Crippen LogP contribution in [0, 0.1) is 12.7 Å². The van der Waals surface area contributed by atoms with Crippen molar-refractivity contribution in [1.82, 2.24) is 10.2 Å². The van der Waals surface area contributed by atoms with E-state index in [0.717, 1.165) is 9.87 Å². The molecular formula is C35H37ClFN3O4S. The lowest BCUT2D eigenvalue weighted by Gasteiger charge is -2.35. The van der Waals surface area contributed by atoms with Crippen molar-refractivity contribution in [2.75, 3.05) is 10.8 Å². The maximum atomic E-state index is 15.1. The van der Waals surface area contributed by atoms with E-state index >= 15 is 4.39 Å². The van der Waals surface area contributed by atoms with E-state index in [9.17, 15) is 18.0 Å². The van der Waals surface area contributed by atoms with E-state index in [0.29, 0.717) is 5.56 Å². The normalized spacial score (nSPS) is 12.3. The van der Waals surface area contributed by atoms with Gasteiger partial charge in [0, 0.05) is 29.1 Å². The van der Waals surface area contributed by atoms with Crippen LogP contribution in [0.25, 0.3) is 0 Å². The molecule has 0 aromatic heterocycles. The van der Waals surface area contributed by atoms with Gasteiger partial charge in [0.25, 0.3) is 10.0 Å². The second kappa shape index (κ2) is 14.3. The molecule has 0 saturated heterocycles. The summed E-state index contributed by atoms with van der Waals surface area (Å²) in [6.07, 6.45) is 0.116. The van der Waals surface area contributed by atoms with Crippen molar-refractivity contribution < 1.29 is 22.4 Å². The number of aryl methyl sites for hydroxylation is 1. The molecule has 0 unspecified atom stereocenters. The minimum Gasteiger partial charge on any atom is -0.350 e. The third-order valence-electron chi connectivity index (χ3n) is 7.12. The second-order valence-electron chi connectivity index (χ2n) is 11.8. The molecule has 0 bridgehead atoms. The van der Waals surface area contributed by atoms with Crippen LogP contribution in [-0.2, 0) is 32.6 Å². The van der Waals surface area contributed by atoms with Gasteiger partial charge in [0.2, 0.25) is 11.8 Å². The third-order valence-corrected chi connectivity index (χ3v) is 9.13. The number of hydrogen-bond donors (Lipinski definition) is 1. The van der Waals surface area contributed by atoms with Gasteiger partial charge in [-0.15, -0.1) is 0 Å². The Kier molecular flexibility index (Phi) is 10.7. The Hall–Kier alpha value is -4.21. The number of rotatable bonds is 11. The number of carbonyl (C=O) groups excluding carboxylic acids is 2. The summed E-state index contributed by atoms with van der Waals surface area (Å²) < 4.78 is 44.3. The van der Waals surface area contributed by atoms with Crippen LogP contribution in [0.2, 0.25) is 5.02 Å². The van der Waals surface area contributed by atoms with Crippen molar-refractivity contribution in [3.63, 3.8) is 0 Å². The number of amides is 2. The molecule has 4 rings (SSSR count). The summed E-state index contributed by atoms with van der Waals surface area (Å²) in [5.74, 6) is -1.70. The molecule has 4 aromatic rings. The van der Waals surface area contributed by atoms with Gasteiger partial charge in [-0.05, 0) is 69.2 Å². The standard InChI is InChI=1S/C35H37ClFN3O4S/c1-25-19-20-28(36)22-31(25)40(45(43,44)29-16-9-6-10-17-29)24-33(41)39(23-27-15-11-12-18-30(27)37)32(34(42)38-35(2,3)4)21-26-13-7-5-8-14-26/h5-20,22,32H,21,23-24H2,1-4H3,(H,38,42)/t32-/m0/s1. The van der Waals surface area contributed by atoms with Gasteiger partial charge in [-0.1, -0.05) is 84.4 Å². The van der Waals surface area contributed by atoms with E-state index in [1.807, 2.05) is 51.1 Å². The summed E-state index contributed by atoms with van der Waals surface area (Å²) in [6.45, 7) is 6.25. The van der Waals surface area contributed by atoms with Crippen molar-refractivity contribution in [2.24, 2.45) is 0 Å². The van der Waals surface area contributed by atoms with E-state index in [2.05, 4.69) is 5.32 Å². The minimum absolute atomic E-state index is 0.0239. The Labute approximate surface area is 269 Å². The zero-order chi connectivity index (χ0) is 32.8. The van der Waals surface area contributed by atoms with E-state index in [1.54, 1.807) is 43.3 Å². The number of nitrogens with one attached hydrogen (secondary N) is 1. The summed E-state index contributed by atoms with van der Waals surface area (Å²) >= 11 is 6.31. The summed E-state index contributed by atoms with van der Waals surface area (Å²) in [6, 6.07) is 26.6. The van der Waals surface area contributed by atoms with Crippen molar-refractivity contribution in [3.05, 3.63) is 131 Å². The average molecular weight is 650 g/mol. The van der Waals surface area contributed by atoms with E-state index in [4.69, 9.17) is 11.6 Å². The molecule has 0 radical (unpaired) electrons. The fourth-order valence-corrected chi connectivity index (χ4v) is 6.56. The molecule has 0 fully saturated rings. The predicted octanol–water partition coefficient (Wildman–Crippen LogP) is 6.54. The highest BCUT2D eigenvalue weighted by Crippen LogP contribution is 2.30. The fraction of sp³-hybridized carbons (Fsp3) is 0.257. The number of halogens is 2. The topological polar surface area (TPSA) is 86.8 Å². The van der Waals surface area contributed by atoms with Gasteiger partial charge in [0.05, 0.1) is 10.6 Å². The van der Waals surface area contributed by atoms with Crippen LogP contribution in [0.15, 0.2) is 108 Å². The lowest BCUT2D eigenvalue weighted by Crippen LogP contribution is -2.56. The van der Waals surface area contributed by atoms with Crippen LogP contribution in [0.4, 0.5) is 10.1 Å². The number of carbonyl (C=O) groups is 2. The largest absolute Gasteiger partial charge is 0.350 e. The number of sulfonamides is 1. The molecule has 1 N–H and O–H groups in total. The van der Waals surface area contributed by atoms with E-state index in [1.165, 1.54) is 41.3 Å². The zero-order valence-electron chi connectivity index (χ0n) is 25.7. The molecule has 0 aliphatic carbocycles. The van der Waals surface area contributed by atoms with Gasteiger partial charge in [-0.2, -0.15) is 0 Å². The Morgan fingerprint density at radius 1 is 0.889 bits per heavy atom. The summed E-state index contributed by atoms with van der Waals surface area (Å²) in [5.41, 5.74) is 1.10. The maximum absolute atomic E-state index is 15.1. The predicted molar refractivity (Wildman–Crippen MR) is 176 cm³/mol. The number of hydrogen-bond acceptors (Lipinski definition) is 4. The highest BCUT2D eigenvalue weighted by Gasteiger charge is 2.36. The summed E-state index contributed by atoms with van der Waals surface area (Å²) in [5, 5.41) is 3.24. The van der Waals surface area contributed by atoms with Crippen molar-refractivity contribution in [3.8, 4) is 0 Å². The maximum Gasteiger partial charge on any atom is 0.264 e. The molecular weight excluding hydrogens is 613 g/mol. The van der Waals surface area contributed by atoms with Gasteiger partial charge in [0.1, 0.15) is 18.4 Å². The first-order chi connectivity index (χ1) is 21.3. The molecule has 0 aliphatic heterocycles. The first-order valence-corrected chi connectivity index (χ1v) is 16.3. The monoisotopic (exact) mass is 649 g/mol. The molecule has 4 aromatic carbocycles. The summed E-state index contributed by atoms with van der Waals surface area (Å²) in [4.78, 5) is 29.7. The van der Waals surface area contributed by atoms with Crippen LogP contribution >= 0.6 is 11.6 Å². The molecule has 7 nitrogen and oxygen atoms in total. The van der Waals surface area contributed by atoms with E-state index in [-0.39, 0.29) is 34.1 Å². The Morgan fingerprint density at radius 3 is 2.11 bits per heavy atom. The molecule has 236 valence electrons. The fourth-order valence-electron chi connectivity index (χ4n) is 4.90. The second-order valence-corrected chi connectivity index (χ2v) is 14.1. The van der Waals surface area contributed by atoms with Gasteiger partial charge in [-0.3, -0.25) is 13.9 Å². The number of anilines is 1. The SMILES string of the molecule is Cc1ccc(Cl)cc1N(CC(=O)N(Cc1ccccc1F)[C@@H](Cc1ccccc1)C(=O)NC(C)(C)C)S(=O)(=O)c1ccccc1. The lowest BCUT2D eigenvalue weighted by molar-refractivity contribution is -0.140. The molecule has 0 spiro atoms. The van der Waals surface area contributed by atoms with Crippen molar-refractivity contribution in [2.45, 2.75) is 57.1 Å². The van der Waals surface area contributed by atoms with Gasteiger partial charge < -0.3 is 10.2 Å². The molecule has 1 atom stereocenters. The Morgan fingerprint density at radius 2 is 1.49 bits per heavy atom. The van der Waals surface area contributed by atoms with Crippen LogP contribution in [0.3, 0.4) is 0 Å². The minimum atomic E-state index is -4.28. The molecule has 45 heavy (non-hydrogen) atoms. The zero-order valence-corrected chi connectivity index (χ0v) is 27.3. The Balaban J connectivity index is 1.85. The van der Waals surface area contributed by atoms with Crippen LogP contribution in [0.5, 0.6) is 0 Å². The first kappa shape index (κ1) is 33.7. The highest BCUT2D eigenvalue weighted by atomic mass is 35.5. The quantitative estimate of drug-likeness (QED) is 0.200. The number of benzene rings is 4. The van der Waals surface area contributed by atoms with Gasteiger partial charge in [-0.25, -0.2) is 12.8 Å². The van der Waals surface area contributed by atoms with Crippen molar-refractivity contribution in [1.29, 1.82) is 0 Å². The highest BCUT2D eigenvalue weighted by molar-refractivity contribution is 7.92. The Bertz CT molecular complexity index is 1750. The molecule has 10 heteroatoms. The van der Waals surface area contributed by atoms with E-state index < -0.39 is 45.8 Å². The molecule has 0 aliphatic rings. The smallest absolute Gasteiger partial charge is 0.264 e.